The van der Waals surface area contributed by atoms with E-state index < -0.39 is 10.0 Å². The first-order valence-electron chi connectivity index (χ1n) is 7.69. The lowest BCUT2D eigenvalue weighted by atomic mass is 9.80. The Morgan fingerprint density at radius 1 is 1.23 bits per heavy atom. The fraction of sp³-hybridized carbons (Fsp3) is 0.714. The predicted octanol–water partition coefficient (Wildman–Crippen LogP) is 0.830. The van der Waals surface area contributed by atoms with Gasteiger partial charge >= 0.3 is 0 Å². The molecule has 8 heteroatoms. The number of H-pyrrole nitrogens is 1. The minimum Gasteiger partial charge on any atom is -0.337 e. The zero-order chi connectivity index (χ0) is 15.8. The molecule has 1 aromatic rings. The van der Waals surface area contributed by atoms with Crippen molar-refractivity contribution in [1.29, 1.82) is 0 Å². The Kier molecular flexibility index (Phi) is 3.98. The van der Waals surface area contributed by atoms with Crippen LogP contribution in [-0.4, -0.2) is 65.2 Å². The number of hydrogen-bond acceptors (Lipinski definition) is 4. The van der Waals surface area contributed by atoms with E-state index >= 15 is 0 Å². The molecule has 0 radical (unpaired) electrons. The lowest BCUT2D eigenvalue weighted by Gasteiger charge is -2.50. The second kappa shape index (κ2) is 5.66. The number of amides is 1. The van der Waals surface area contributed by atoms with Gasteiger partial charge in [0.25, 0.3) is 5.91 Å². The van der Waals surface area contributed by atoms with E-state index in [2.05, 4.69) is 10.2 Å². The Morgan fingerprint density at radius 2 is 1.95 bits per heavy atom. The summed E-state index contributed by atoms with van der Waals surface area (Å²) < 4.78 is 25.9. The van der Waals surface area contributed by atoms with Crippen LogP contribution in [0.5, 0.6) is 0 Å². The van der Waals surface area contributed by atoms with E-state index in [4.69, 9.17) is 0 Å². The topological polar surface area (TPSA) is 86.4 Å². The number of sulfonamides is 1. The maximum absolute atomic E-state index is 12.3. The molecule has 0 aliphatic carbocycles. The molecule has 2 aliphatic rings. The molecule has 22 heavy (non-hydrogen) atoms. The summed E-state index contributed by atoms with van der Waals surface area (Å²) in [6.07, 6.45) is 7.14. The lowest BCUT2D eigenvalue weighted by molar-refractivity contribution is 0.0387. The highest BCUT2D eigenvalue weighted by atomic mass is 32.2. The molecule has 0 bridgehead atoms. The molecule has 3 heterocycles. The van der Waals surface area contributed by atoms with Crippen LogP contribution in [0, 0.1) is 0 Å². The van der Waals surface area contributed by atoms with Crippen molar-refractivity contribution in [2.24, 2.45) is 0 Å². The van der Waals surface area contributed by atoms with E-state index in [0.717, 1.165) is 19.3 Å². The van der Waals surface area contributed by atoms with Crippen molar-refractivity contribution in [2.45, 2.75) is 37.6 Å². The van der Waals surface area contributed by atoms with Gasteiger partial charge in [-0.05, 0) is 31.7 Å². The summed E-state index contributed by atoms with van der Waals surface area (Å²) in [5.74, 6) is -0.0611. The molecule has 1 amide bonds. The Balaban J connectivity index is 1.73. The fourth-order valence-corrected chi connectivity index (χ4v) is 5.20. The standard InChI is InChI=1S/C14H22N4O3S/c1-22(20,21)18-9-3-2-5-14(18)6-10-17(11-7-14)13(19)12-4-8-15-16-12/h4,8H,2-3,5-7,9-11H2,1H3,(H,15,16). The molecule has 1 aromatic heterocycles. The van der Waals surface area contributed by atoms with Gasteiger partial charge < -0.3 is 4.90 Å². The maximum Gasteiger partial charge on any atom is 0.271 e. The van der Waals surface area contributed by atoms with E-state index in [1.165, 1.54) is 6.26 Å². The zero-order valence-electron chi connectivity index (χ0n) is 12.8. The molecule has 2 fully saturated rings. The van der Waals surface area contributed by atoms with Crippen molar-refractivity contribution in [2.75, 3.05) is 25.9 Å². The van der Waals surface area contributed by atoms with Gasteiger partial charge in [0.15, 0.2) is 0 Å². The maximum atomic E-state index is 12.3. The van der Waals surface area contributed by atoms with Gasteiger partial charge in [0.2, 0.25) is 10.0 Å². The highest BCUT2D eigenvalue weighted by Gasteiger charge is 2.46. The van der Waals surface area contributed by atoms with E-state index in [0.29, 0.717) is 38.2 Å². The zero-order valence-corrected chi connectivity index (χ0v) is 13.6. The third kappa shape index (κ3) is 2.77. The second-order valence-corrected chi connectivity index (χ2v) is 8.19. The average molecular weight is 326 g/mol. The third-order valence-corrected chi connectivity index (χ3v) is 6.27. The van der Waals surface area contributed by atoms with Gasteiger partial charge in [-0.25, -0.2) is 8.42 Å². The van der Waals surface area contributed by atoms with Crippen LogP contribution >= 0.6 is 0 Å². The number of nitrogens with one attached hydrogen (secondary N) is 1. The minimum atomic E-state index is -3.20. The van der Waals surface area contributed by atoms with Crippen LogP contribution in [0.1, 0.15) is 42.6 Å². The van der Waals surface area contributed by atoms with Crippen molar-refractivity contribution >= 4 is 15.9 Å². The number of nitrogens with zero attached hydrogens (tertiary/aromatic N) is 3. The first-order chi connectivity index (χ1) is 10.4. The molecule has 0 aromatic carbocycles. The SMILES string of the molecule is CS(=O)(=O)N1CCCCC12CCN(C(=O)c1ccn[nH]1)CC2. The molecule has 2 aliphatic heterocycles. The summed E-state index contributed by atoms with van der Waals surface area (Å²) >= 11 is 0. The number of hydrogen-bond donors (Lipinski definition) is 1. The number of likely N-dealkylation sites (tertiary alicyclic amines) is 1. The number of piperidine rings is 2. The Bertz CT molecular complexity index is 633. The van der Waals surface area contributed by atoms with Gasteiger partial charge in [0.1, 0.15) is 5.69 Å². The minimum absolute atomic E-state index is 0.0611. The number of carbonyl (C=O) groups is 1. The van der Waals surface area contributed by atoms with Gasteiger partial charge in [-0.2, -0.15) is 9.40 Å². The Morgan fingerprint density at radius 3 is 2.55 bits per heavy atom. The van der Waals surface area contributed by atoms with Crippen LogP contribution in [0.25, 0.3) is 0 Å². The quantitative estimate of drug-likeness (QED) is 0.872. The Hall–Kier alpha value is -1.41. The largest absolute Gasteiger partial charge is 0.337 e. The molecule has 7 nitrogen and oxygen atoms in total. The van der Waals surface area contributed by atoms with E-state index in [1.54, 1.807) is 21.5 Å². The summed E-state index contributed by atoms with van der Waals surface area (Å²) in [5.41, 5.74) is 0.191. The van der Waals surface area contributed by atoms with E-state index in [1.807, 2.05) is 0 Å². The van der Waals surface area contributed by atoms with Gasteiger partial charge in [-0.15, -0.1) is 0 Å². The first kappa shape index (κ1) is 15.5. The highest BCUT2D eigenvalue weighted by molar-refractivity contribution is 7.88. The van der Waals surface area contributed by atoms with Crippen LogP contribution < -0.4 is 0 Å². The van der Waals surface area contributed by atoms with Crippen molar-refractivity contribution < 1.29 is 13.2 Å². The third-order valence-electron chi connectivity index (χ3n) is 4.90. The summed E-state index contributed by atoms with van der Waals surface area (Å²) in [6.45, 7) is 1.78. The molecule has 2 saturated heterocycles. The molecular weight excluding hydrogens is 304 g/mol. The van der Waals surface area contributed by atoms with Crippen LogP contribution in [-0.2, 0) is 10.0 Å². The summed E-state index contributed by atoms with van der Waals surface area (Å²) in [4.78, 5) is 14.1. The van der Waals surface area contributed by atoms with Gasteiger partial charge in [-0.3, -0.25) is 9.89 Å². The number of rotatable bonds is 2. The average Bonchev–Trinajstić information content (AvgIpc) is 3.01. The molecule has 1 spiro atoms. The van der Waals surface area contributed by atoms with E-state index in [9.17, 15) is 13.2 Å². The fourth-order valence-electron chi connectivity index (χ4n) is 3.76. The molecule has 0 saturated carbocycles. The summed E-state index contributed by atoms with van der Waals surface area (Å²) in [7, 11) is -3.20. The van der Waals surface area contributed by atoms with Crippen molar-refractivity contribution in [1.82, 2.24) is 19.4 Å². The number of aromatic amines is 1. The molecule has 3 rings (SSSR count). The number of aromatic nitrogens is 2. The van der Waals surface area contributed by atoms with Crippen LogP contribution in [0.2, 0.25) is 0 Å². The smallest absolute Gasteiger partial charge is 0.271 e. The molecule has 0 unspecified atom stereocenters. The molecule has 122 valence electrons. The summed E-state index contributed by atoms with van der Waals surface area (Å²) in [6, 6.07) is 1.66. The normalized spacial score (nSPS) is 22.9. The lowest BCUT2D eigenvalue weighted by Crippen LogP contribution is -2.59. The molecule has 1 N–H and O–H groups in total. The molecule has 0 atom stereocenters. The second-order valence-electron chi connectivity index (χ2n) is 6.28. The Labute approximate surface area is 130 Å². The van der Waals surface area contributed by atoms with Crippen LogP contribution in [0.4, 0.5) is 0 Å². The first-order valence-corrected chi connectivity index (χ1v) is 9.54. The van der Waals surface area contributed by atoms with Crippen LogP contribution in [0.3, 0.4) is 0 Å². The van der Waals surface area contributed by atoms with Crippen molar-refractivity contribution in [3.8, 4) is 0 Å². The van der Waals surface area contributed by atoms with Gasteiger partial charge in [-0.1, -0.05) is 6.42 Å². The van der Waals surface area contributed by atoms with E-state index in [-0.39, 0.29) is 11.4 Å². The van der Waals surface area contributed by atoms with Crippen molar-refractivity contribution in [3.05, 3.63) is 18.0 Å². The van der Waals surface area contributed by atoms with Crippen molar-refractivity contribution in [3.63, 3.8) is 0 Å². The van der Waals surface area contributed by atoms with Crippen LogP contribution in [0.15, 0.2) is 12.3 Å². The predicted molar refractivity (Wildman–Crippen MR) is 81.9 cm³/mol. The molecular formula is C14H22N4O3S. The summed E-state index contributed by atoms with van der Waals surface area (Å²) in [5, 5.41) is 6.50. The number of carbonyl (C=O) groups excluding carboxylic acids is 1. The highest BCUT2D eigenvalue weighted by Crippen LogP contribution is 2.39. The van der Waals surface area contributed by atoms with Gasteiger partial charge in [0, 0.05) is 31.4 Å². The van der Waals surface area contributed by atoms with Gasteiger partial charge in [0.05, 0.1) is 6.26 Å². The monoisotopic (exact) mass is 326 g/mol.